The van der Waals surface area contributed by atoms with Crippen LogP contribution in [-0.4, -0.2) is 24.5 Å². The number of nitrogens with one attached hydrogen (secondary N) is 2. The van der Waals surface area contributed by atoms with Crippen LogP contribution in [-0.2, 0) is 17.6 Å². The van der Waals surface area contributed by atoms with Crippen molar-refractivity contribution in [1.29, 1.82) is 0 Å². The number of carbonyl (C=O) groups excluding carboxylic acids is 1. The highest BCUT2D eigenvalue weighted by Gasteiger charge is 2.16. The Kier molecular flexibility index (Phi) is 5.16. The number of carbonyl (C=O) groups is 1. The lowest BCUT2D eigenvalue weighted by atomic mass is 10.1. The number of anilines is 1. The maximum atomic E-state index is 11.8. The lowest BCUT2D eigenvalue weighted by Gasteiger charge is -2.11. The Morgan fingerprint density at radius 1 is 1.17 bits per heavy atom. The number of amides is 1. The molecule has 1 fully saturated rings. The zero-order valence-corrected chi connectivity index (χ0v) is 13.6. The van der Waals surface area contributed by atoms with Crippen molar-refractivity contribution in [2.45, 2.75) is 57.4 Å². The van der Waals surface area contributed by atoms with E-state index in [4.69, 9.17) is 5.73 Å². The van der Waals surface area contributed by atoms with Gasteiger partial charge in [0, 0.05) is 18.2 Å². The summed E-state index contributed by atoms with van der Waals surface area (Å²) in [6.45, 7) is 0.419. The quantitative estimate of drug-likeness (QED) is 0.576. The zero-order chi connectivity index (χ0) is 16.1. The average Bonchev–Trinajstić information content (AvgIpc) is 3.17. The molecule has 5 nitrogen and oxygen atoms in total. The van der Waals surface area contributed by atoms with Crippen molar-refractivity contribution in [2.24, 2.45) is 10.7 Å². The van der Waals surface area contributed by atoms with Crippen molar-refractivity contribution in [3.05, 3.63) is 29.3 Å². The summed E-state index contributed by atoms with van der Waals surface area (Å²) in [5.74, 6) is 0.447. The molecule has 2 aliphatic carbocycles. The first kappa shape index (κ1) is 15.8. The number of nitrogens with zero attached hydrogens (tertiary/aromatic N) is 1. The Labute approximate surface area is 137 Å². The van der Waals surface area contributed by atoms with Crippen LogP contribution in [0.5, 0.6) is 0 Å². The monoisotopic (exact) mass is 314 g/mol. The predicted molar refractivity (Wildman–Crippen MR) is 93.6 cm³/mol. The summed E-state index contributed by atoms with van der Waals surface area (Å²) in [6.07, 6.45) is 8.61. The van der Waals surface area contributed by atoms with Crippen molar-refractivity contribution in [2.75, 3.05) is 11.9 Å². The van der Waals surface area contributed by atoms with Gasteiger partial charge in [-0.1, -0.05) is 18.9 Å². The topological polar surface area (TPSA) is 79.5 Å². The minimum absolute atomic E-state index is 0.0750. The normalized spacial score (nSPS) is 18.0. The van der Waals surface area contributed by atoms with Gasteiger partial charge in [0.05, 0.1) is 6.54 Å². The van der Waals surface area contributed by atoms with E-state index in [1.165, 1.54) is 36.8 Å². The van der Waals surface area contributed by atoms with Crippen molar-refractivity contribution in [3.8, 4) is 0 Å². The van der Waals surface area contributed by atoms with E-state index in [0.717, 1.165) is 24.9 Å². The third-order valence-corrected chi connectivity index (χ3v) is 4.71. The van der Waals surface area contributed by atoms with Crippen LogP contribution in [0.3, 0.4) is 0 Å². The highest BCUT2D eigenvalue weighted by Crippen LogP contribution is 2.24. The van der Waals surface area contributed by atoms with Gasteiger partial charge in [-0.25, -0.2) is 0 Å². The second-order valence-electron chi connectivity index (χ2n) is 6.53. The first-order valence-corrected chi connectivity index (χ1v) is 8.69. The third kappa shape index (κ3) is 4.47. The molecule has 0 unspecified atom stereocenters. The summed E-state index contributed by atoms with van der Waals surface area (Å²) in [4.78, 5) is 16.1. The Morgan fingerprint density at radius 2 is 1.96 bits per heavy atom. The number of benzene rings is 1. The van der Waals surface area contributed by atoms with Gasteiger partial charge in [0.25, 0.3) is 0 Å². The lowest BCUT2D eigenvalue weighted by Crippen LogP contribution is -2.33. The number of hydrogen-bond donors (Lipinski definition) is 3. The van der Waals surface area contributed by atoms with Crippen LogP contribution < -0.4 is 16.4 Å². The highest BCUT2D eigenvalue weighted by molar-refractivity contribution is 5.92. The van der Waals surface area contributed by atoms with Crippen LogP contribution in [0.15, 0.2) is 23.2 Å². The van der Waals surface area contributed by atoms with Crippen molar-refractivity contribution >= 4 is 17.6 Å². The molecule has 1 aromatic carbocycles. The van der Waals surface area contributed by atoms with Crippen LogP contribution >= 0.6 is 0 Å². The van der Waals surface area contributed by atoms with Crippen LogP contribution in [0.1, 0.15) is 49.7 Å². The van der Waals surface area contributed by atoms with Gasteiger partial charge in [0.1, 0.15) is 0 Å². The van der Waals surface area contributed by atoms with Gasteiger partial charge >= 0.3 is 0 Å². The van der Waals surface area contributed by atoms with Gasteiger partial charge in [-0.05, 0) is 55.4 Å². The van der Waals surface area contributed by atoms with Crippen LogP contribution in [0.25, 0.3) is 0 Å². The molecule has 0 aromatic heterocycles. The number of rotatable bonds is 5. The number of nitrogens with two attached hydrogens (primary N) is 1. The van der Waals surface area contributed by atoms with E-state index in [9.17, 15) is 4.79 Å². The molecule has 1 aromatic rings. The predicted octanol–water partition coefficient (Wildman–Crippen LogP) is 2.35. The molecule has 0 saturated heterocycles. The van der Waals surface area contributed by atoms with E-state index < -0.39 is 0 Å². The van der Waals surface area contributed by atoms with E-state index in [0.29, 0.717) is 25.0 Å². The molecule has 0 spiro atoms. The smallest absolute Gasteiger partial charge is 0.222 e. The van der Waals surface area contributed by atoms with Gasteiger partial charge in [-0.2, -0.15) is 0 Å². The SMILES string of the molecule is NC(=NCCC(=O)NC1CCCC1)Nc1ccc2c(c1)CCC2. The average molecular weight is 314 g/mol. The van der Waals surface area contributed by atoms with Crippen LogP contribution in [0, 0.1) is 0 Å². The minimum atomic E-state index is 0.0750. The maximum Gasteiger partial charge on any atom is 0.222 e. The Hall–Kier alpha value is -2.04. The van der Waals surface area contributed by atoms with Gasteiger partial charge < -0.3 is 16.4 Å². The molecule has 0 heterocycles. The molecule has 124 valence electrons. The highest BCUT2D eigenvalue weighted by atomic mass is 16.1. The molecule has 3 rings (SSSR count). The summed E-state index contributed by atoms with van der Waals surface area (Å²) in [5, 5.41) is 6.18. The molecule has 0 aliphatic heterocycles. The summed E-state index contributed by atoms with van der Waals surface area (Å²) < 4.78 is 0. The van der Waals surface area contributed by atoms with E-state index in [-0.39, 0.29) is 5.91 Å². The fourth-order valence-corrected chi connectivity index (χ4v) is 3.48. The van der Waals surface area contributed by atoms with Gasteiger partial charge in [0.2, 0.25) is 5.91 Å². The zero-order valence-electron chi connectivity index (χ0n) is 13.6. The number of aliphatic imine (C=N–C) groups is 1. The van der Waals surface area contributed by atoms with E-state index >= 15 is 0 Å². The van der Waals surface area contributed by atoms with Crippen LogP contribution in [0.2, 0.25) is 0 Å². The number of hydrogen-bond acceptors (Lipinski definition) is 2. The Balaban J connectivity index is 1.43. The lowest BCUT2D eigenvalue weighted by molar-refractivity contribution is -0.121. The first-order chi connectivity index (χ1) is 11.2. The van der Waals surface area contributed by atoms with E-state index in [1.807, 2.05) is 6.07 Å². The summed E-state index contributed by atoms with van der Waals surface area (Å²) in [6, 6.07) is 6.72. The van der Waals surface area contributed by atoms with E-state index in [1.54, 1.807) is 0 Å². The molecular formula is C18H26N4O. The van der Waals surface area contributed by atoms with Crippen molar-refractivity contribution in [1.82, 2.24) is 5.32 Å². The largest absolute Gasteiger partial charge is 0.370 e. The summed E-state index contributed by atoms with van der Waals surface area (Å²) >= 11 is 0. The fraction of sp³-hybridized carbons (Fsp3) is 0.556. The third-order valence-electron chi connectivity index (χ3n) is 4.71. The second kappa shape index (κ2) is 7.49. The summed E-state index contributed by atoms with van der Waals surface area (Å²) in [5.41, 5.74) is 9.72. The maximum absolute atomic E-state index is 11.8. The first-order valence-electron chi connectivity index (χ1n) is 8.69. The van der Waals surface area contributed by atoms with E-state index in [2.05, 4.69) is 27.8 Å². The molecule has 2 aliphatic rings. The van der Waals surface area contributed by atoms with Crippen molar-refractivity contribution < 1.29 is 4.79 Å². The molecule has 0 bridgehead atoms. The fourth-order valence-electron chi connectivity index (χ4n) is 3.48. The second-order valence-corrected chi connectivity index (χ2v) is 6.53. The molecule has 23 heavy (non-hydrogen) atoms. The standard InChI is InChI=1S/C18H26N4O/c19-18(20-11-10-17(23)21-15-6-1-2-7-15)22-16-9-8-13-4-3-5-14(13)12-16/h8-9,12,15H,1-7,10-11H2,(H,21,23)(H3,19,20,22). The van der Waals surface area contributed by atoms with Gasteiger partial charge in [-0.15, -0.1) is 0 Å². The summed E-state index contributed by atoms with van der Waals surface area (Å²) in [7, 11) is 0. The molecule has 1 amide bonds. The Morgan fingerprint density at radius 3 is 2.78 bits per heavy atom. The molecule has 0 radical (unpaired) electrons. The number of aryl methyl sites for hydroxylation is 2. The van der Waals surface area contributed by atoms with Crippen molar-refractivity contribution in [3.63, 3.8) is 0 Å². The number of fused-ring (bicyclic) bond motifs is 1. The van der Waals surface area contributed by atoms with Crippen LogP contribution in [0.4, 0.5) is 5.69 Å². The Bertz CT molecular complexity index is 591. The number of guanidine groups is 1. The molecule has 0 atom stereocenters. The van der Waals surface area contributed by atoms with Gasteiger partial charge in [-0.3, -0.25) is 9.79 Å². The molecule has 1 saturated carbocycles. The minimum Gasteiger partial charge on any atom is -0.370 e. The molecular weight excluding hydrogens is 288 g/mol. The molecule has 4 N–H and O–H groups in total. The molecule has 5 heteroatoms. The van der Waals surface area contributed by atoms with Gasteiger partial charge in [0.15, 0.2) is 5.96 Å².